The van der Waals surface area contributed by atoms with E-state index in [1.54, 1.807) is 18.4 Å². The van der Waals surface area contributed by atoms with Crippen molar-refractivity contribution in [3.63, 3.8) is 0 Å². The van der Waals surface area contributed by atoms with Crippen LogP contribution < -0.4 is 0 Å². The molecule has 0 saturated carbocycles. The molecule has 0 bridgehead atoms. The Morgan fingerprint density at radius 1 is 0.952 bits per heavy atom. The van der Waals surface area contributed by atoms with Crippen LogP contribution in [0, 0.1) is 0 Å². The van der Waals surface area contributed by atoms with Gasteiger partial charge in [0, 0.05) is 5.39 Å². The van der Waals surface area contributed by atoms with Crippen LogP contribution in [-0.2, 0) is 0 Å². The molecule has 7 heteroatoms. The van der Waals surface area contributed by atoms with Crippen molar-refractivity contribution in [3.05, 3.63) is 49.0 Å². The van der Waals surface area contributed by atoms with Gasteiger partial charge in [-0.25, -0.2) is 9.97 Å². The minimum Gasteiger partial charge on any atom is -0.459 e. The second kappa shape index (κ2) is 5.02. The predicted octanol–water partition coefficient (Wildman–Crippen LogP) is 3.42. The molecule has 3 heterocycles. The first-order valence-electron chi connectivity index (χ1n) is 6.15. The van der Waals surface area contributed by atoms with E-state index < -0.39 is 0 Å². The molecular weight excluding hydrogens is 288 g/mol. The Morgan fingerprint density at radius 2 is 1.90 bits per heavy atom. The van der Waals surface area contributed by atoms with E-state index in [1.165, 1.54) is 18.1 Å². The van der Waals surface area contributed by atoms with Gasteiger partial charge in [-0.05, 0) is 30.0 Å². The van der Waals surface area contributed by atoms with Crippen LogP contribution in [0.4, 0.5) is 0 Å². The second-order valence-corrected chi connectivity index (χ2v) is 5.09. The smallest absolute Gasteiger partial charge is 0.284 e. The van der Waals surface area contributed by atoms with E-state index in [0.29, 0.717) is 16.9 Å². The number of furan rings is 1. The van der Waals surface area contributed by atoms with Gasteiger partial charge in [-0.15, -0.1) is 10.2 Å². The fourth-order valence-corrected chi connectivity index (χ4v) is 2.65. The molecule has 0 atom stereocenters. The average Bonchev–Trinajstić information content (AvgIpc) is 3.18. The lowest BCUT2D eigenvalue weighted by atomic mass is 10.2. The Balaban J connectivity index is 1.69. The lowest BCUT2D eigenvalue weighted by Crippen LogP contribution is -1.86. The van der Waals surface area contributed by atoms with Crippen LogP contribution in [0.15, 0.2) is 68.1 Å². The van der Waals surface area contributed by atoms with E-state index >= 15 is 0 Å². The van der Waals surface area contributed by atoms with Crippen molar-refractivity contribution >= 4 is 22.7 Å². The van der Waals surface area contributed by atoms with Crippen molar-refractivity contribution in [1.29, 1.82) is 0 Å². The minimum absolute atomic E-state index is 0.348. The molecule has 0 aliphatic rings. The molecule has 1 aromatic carbocycles. The van der Waals surface area contributed by atoms with Crippen molar-refractivity contribution < 1.29 is 8.83 Å². The van der Waals surface area contributed by atoms with Crippen LogP contribution >= 0.6 is 11.8 Å². The van der Waals surface area contributed by atoms with Crippen LogP contribution in [0.25, 0.3) is 22.6 Å². The van der Waals surface area contributed by atoms with Crippen molar-refractivity contribution in [2.24, 2.45) is 0 Å². The molecule has 102 valence electrons. The normalized spacial score (nSPS) is 11.0. The molecular formula is C14H8N4O2S. The molecule has 0 amide bonds. The summed E-state index contributed by atoms with van der Waals surface area (Å²) in [6, 6.07) is 11.3. The van der Waals surface area contributed by atoms with Gasteiger partial charge in [0.05, 0.1) is 11.8 Å². The predicted molar refractivity (Wildman–Crippen MR) is 75.7 cm³/mol. The van der Waals surface area contributed by atoms with E-state index in [-0.39, 0.29) is 0 Å². The number of rotatable bonds is 3. The zero-order chi connectivity index (χ0) is 14.1. The van der Waals surface area contributed by atoms with Crippen molar-refractivity contribution in [2.45, 2.75) is 10.2 Å². The standard InChI is InChI=1S/C14H8N4O2S/c1-2-5-10-9(4-1)13(16-8-15-10)21-14-18-17-12(20-14)11-6-3-7-19-11/h1-8H. The fourth-order valence-electron chi connectivity index (χ4n) is 1.89. The van der Waals surface area contributed by atoms with Crippen LogP contribution in [0.3, 0.4) is 0 Å². The van der Waals surface area contributed by atoms with Gasteiger partial charge < -0.3 is 8.83 Å². The molecule has 0 N–H and O–H groups in total. The van der Waals surface area contributed by atoms with Gasteiger partial charge >= 0.3 is 0 Å². The van der Waals surface area contributed by atoms with E-state index in [2.05, 4.69) is 20.2 Å². The topological polar surface area (TPSA) is 77.8 Å². The van der Waals surface area contributed by atoms with E-state index in [1.807, 2.05) is 24.3 Å². The SMILES string of the molecule is c1coc(-c2nnc(Sc3ncnc4ccccc34)o2)c1. The van der Waals surface area contributed by atoms with Gasteiger partial charge in [0.1, 0.15) is 11.4 Å². The number of hydrogen-bond donors (Lipinski definition) is 0. The fraction of sp³-hybridized carbons (Fsp3) is 0. The maximum atomic E-state index is 5.57. The third-order valence-electron chi connectivity index (χ3n) is 2.83. The first kappa shape index (κ1) is 12.1. The summed E-state index contributed by atoms with van der Waals surface area (Å²) in [5.41, 5.74) is 0.876. The highest BCUT2D eigenvalue weighted by molar-refractivity contribution is 7.99. The third kappa shape index (κ3) is 2.27. The summed E-state index contributed by atoms with van der Waals surface area (Å²) in [4.78, 5) is 8.50. The Kier molecular flexibility index (Phi) is 2.89. The monoisotopic (exact) mass is 296 g/mol. The lowest BCUT2D eigenvalue weighted by molar-refractivity contribution is 0.447. The van der Waals surface area contributed by atoms with Crippen LogP contribution in [-0.4, -0.2) is 20.2 Å². The quantitative estimate of drug-likeness (QED) is 0.536. The van der Waals surface area contributed by atoms with Gasteiger partial charge in [0.25, 0.3) is 11.1 Å². The molecule has 21 heavy (non-hydrogen) atoms. The highest BCUT2D eigenvalue weighted by atomic mass is 32.2. The molecule has 0 spiro atoms. The maximum absolute atomic E-state index is 5.57. The van der Waals surface area contributed by atoms with Crippen LogP contribution in [0.2, 0.25) is 0 Å². The summed E-state index contributed by atoms with van der Waals surface area (Å²) in [5, 5.41) is 10.1. The Labute approximate surface area is 123 Å². The van der Waals surface area contributed by atoms with Crippen molar-refractivity contribution in [2.75, 3.05) is 0 Å². The molecule has 4 aromatic rings. The third-order valence-corrected chi connectivity index (χ3v) is 3.69. The first-order chi connectivity index (χ1) is 10.4. The van der Waals surface area contributed by atoms with Crippen LogP contribution in [0.1, 0.15) is 0 Å². The average molecular weight is 296 g/mol. The summed E-state index contributed by atoms with van der Waals surface area (Å²) in [5.74, 6) is 0.891. The van der Waals surface area contributed by atoms with Gasteiger partial charge in [0.15, 0.2) is 5.76 Å². The summed E-state index contributed by atoms with van der Waals surface area (Å²) in [6.07, 6.45) is 3.08. The Hall–Kier alpha value is -2.67. The number of fused-ring (bicyclic) bond motifs is 1. The highest BCUT2D eigenvalue weighted by Gasteiger charge is 2.14. The highest BCUT2D eigenvalue weighted by Crippen LogP contribution is 2.31. The molecule has 4 rings (SSSR count). The van der Waals surface area contributed by atoms with E-state index in [9.17, 15) is 0 Å². The molecule has 3 aromatic heterocycles. The van der Waals surface area contributed by atoms with Crippen LogP contribution in [0.5, 0.6) is 0 Å². The largest absolute Gasteiger partial charge is 0.459 e. The summed E-state index contributed by atoms with van der Waals surface area (Å²) >= 11 is 1.30. The van der Waals surface area contributed by atoms with Gasteiger partial charge in [0.2, 0.25) is 0 Å². The Morgan fingerprint density at radius 3 is 2.81 bits per heavy atom. The molecule has 0 radical (unpaired) electrons. The zero-order valence-corrected chi connectivity index (χ0v) is 11.4. The molecule has 0 aliphatic carbocycles. The van der Waals surface area contributed by atoms with E-state index in [4.69, 9.17) is 8.83 Å². The summed E-state index contributed by atoms with van der Waals surface area (Å²) < 4.78 is 10.8. The number of hydrogen-bond acceptors (Lipinski definition) is 7. The number of para-hydroxylation sites is 1. The van der Waals surface area contributed by atoms with Crippen molar-refractivity contribution in [1.82, 2.24) is 20.2 Å². The minimum atomic E-state index is 0.348. The molecule has 0 fully saturated rings. The van der Waals surface area contributed by atoms with Gasteiger partial charge in [-0.3, -0.25) is 0 Å². The van der Waals surface area contributed by atoms with Gasteiger partial charge in [-0.1, -0.05) is 18.2 Å². The molecule has 0 aliphatic heterocycles. The van der Waals surface area contributed by atoms with Crippen molar-refractivity contribution in [3.8, 4) is 11.7 Å². The number of nitrogens with zero attached hydrogens (tertiary/aromatic N) is 4. The summed E-state index contributed by atoms with van der Waals surface area (Å²) in [7, 11) is 0. The second-order valence-electron chi connectivity index (χ2n) is 4.15. The van der Waals surface area contributed by atoms with Gasteiger partial charge in [-0.2, -0.15) is 0 Å². The molecule has 0 saturated heterocycles. The molecule has 6 nitrogen and oxygen atoms in total. The molecule has 0 unspecified atom stereocenters. The maximum Gasteiger partial charge on any atom is 0.284 e. The first-order valence-corrected chi connectivity index (χ1v) is 6.97. The lowest BCUT2D eigenvalue weighted by Gasteiger charge is -2.00. The number of aromatic nitrogens is 4. The Bertz CT molecular complexity index is 884. The van der Waals surface area contributed by atoms with E-state index in [0.717, 1.165) is 15.9 Å². The zero-order valence-electron chi connectivity index (χ0n) is 10.6. The number of benzene rings is 1. The summed E-state index contributed by atoms with van der Waals surface area (Å²) in [6.45, 7) is 0.